The first-order chi connectivity index (χ1) is 10.1. The second-order valence-corrected chi connectivity index (χ2v) is 5.16. The van der Waals surface area contributed by atoms with Crippen LogP contribution < -0.4 is 4.74 Å². The molecule has 0 bridgehead atoms. The molecular weight excluding hydrogens is 336 g/mol. The Hall–Kier alpha value is -2.47. The Labute approximate surface area is 128 Å². The normalized spacial score (nSPS) is 10.5. The molecule has 0 amide bonds. The lowest BCUT2D eigenvalue weighted by atomic mass is 10.2. The van der Waals surface area contributed by atoms with Crippen molar-refractivity contribution in [1.82, 2.24) is 9.97 Å². The number of carbonyl (C=O) groups is 1. The van der Waals surface area contributed by atoms with Crippen molar-refractivity contribution in [1.29, 1.82) is 0 Å². The number of nitrogens with zero attached hydrogens (tertiary/aromatic N) is 2. The third-order valence-corrected chi connectivity index (χ3v) is 3.31. The fraction of sp³-hybridized carbons (Fsp3) is 0. The van der Waals surface area contributed by atoms with Crippen molar-refractivity contribution >= 4 is 32.9 Å². The molecule has 3 aromatic rings. The molecular formula is C15H9BrN2O3. The molecule has 0 radical (unpaired) electrons. The van der Waals surface area contributed by atoms with E-state index < -0.39 is 5.97 Å². The first kappa shape index (κ1) is 13.5. The number of para-hydroxylation sites is 2. The van der Waals surface area contributed by atoms with Crippen molar-refractivity contribution in [3.63, 3.8) is 0 Å². The maximum Gasteiger partial charge on any atom is 0.339 e. The lowest BCUT2D eigenvalue weighted by Gasteiger charge is -2.08. The summed E-state index contributed by atoms with van der Waals surface area (Å²) in [6.07, 6.45) is 1.47. The van der Waals surface area contributed by atoms with Crippen molar-refractivity contribution in [2.45, 2.75) is 0 Å². The summed E-state index contributed by atoms with van der Waals surface area (Å²) in [5.41, 5.74) is 1.49. The predicted molar refractivity (Wildman–Crippen MR) is 80.7 cm³/mol. The number of aromatic nitrogens is 2. The van der Waals surface area contributed by atoms with Crippen LogP contribution in [0.1, 0.15) is 10.4 Å². The predicted octanol–water partition coefficient (Wildman–Crippen LogP) is 3.88. The minimum atomic E-state index is -1.07. The summed E-state index contributed by atoms with van der Waals surface area (Å²) in [5, 5.41) is 9.20. The summed E-state index contributed by atoms with van der Waals surface area (Å²) in [6.45, 7) is 0. The largest absolute Gasteiger partial charge is 0.478 e. The number of rotatable bonds is 3. The van der Waals surface area contributed by atoms with Gasteiger partial charge in [-0.05, 0) is 30.3 Å². The topological polar surface area (TPSA) is 72.3 Å². The van der Waals surface area contributed by atoms with E-state index in [4.69, 9.17) is 4.74 Å². The van der Waals surface area contributed by atoms with Crippen LogP contribution in [0.3, 0.4) is 0 Å². The van der Waals surface area contributed by atoms with E-state index in [-0.39, 0.29) is 17.2 Å². The van der Waals surface area contributed by atoms with Crippen LogP contribution in [0.5, 0.6) is 11.6 Å². The fourth-order valence-electron chi connectivity index (χ4n) is 1.86. The number of hydrogen-bond donors (Lipinski definition) is 1. The highest BCUT2D eigenvalue weighted by molar-refractivity contribution is 9.10. The highest BCUT2D eigenvalue weighted by Gasteiger charge is 2.13. The quantitative estimate of drug-likeness (QED) is 0.780. The molecule has 1 aromatic heterocycles. The van der Waals surface area contributed by atoms with Crippen LogP contribution in [-0.4, -0.2) is 21.0 Å². The van der Waals surface area contributed by atoms with Gasteiger partial charge >= 0.3 is 5.97 Å². The molecule has 3 rings (SSSR count). The Bertz CT molecular complexity index is 836. The molecule has 0 fully saturated rings. The van der Waals surface area contributed by atoms with E-state index >= 15 is 0 Å². The van der Waals surface area contributed by atoms with Crippen molar-refractivity contribution in [2.24, 2.45) is 0 Å². The molecule has 0 unspecified atom stereocenters. The number of hydrogen-bond acceptors (Lipinski definition) is 4. The van der Waals surface area contributed by atoms with Crippen molar-refractivity contribution in [3.05, 3.63) is 58.7 Å². The van der Waals surface area contributed by atoms with Crippen LogP contribution in [0.2, 0.25) is 0 Å². The average Bonchev–Trinajstić information content (AvgIpc) is 2.49. The second-order valence-electron chi connectivity index (χ2n) is 4.24. The van der Waals surface area contributed by atoms with Gasteiger partial charge in [0.15, 0.2) is 0 Å². The van der Waals surface area contributed by atoms with E-state index in [1.165, 1.54) is 12.3 Å². The van der Waals surface area contributed by atoms with Gasteiger partial charge in [-0.3, -0.25) is 0 Å². The summed E-state index contributed by atoms with van der Waals surface area (Å²) < 4.78 is 6.22. The number of aromatic carboxylic acids is 1. The van der Waals surface area contributed by atoms with Gasteiger partial charge in [-0.1, -0.05) is 28.1 Å². The Balaban J connectivity index is 2.00. The standard InChI is InChI=1S/C15H9BrN2O3/c16-9-5-6-13(10(7-9)15(19)20)21-14-8-17-11-3-1-2-4-12(11)18-14/h1-8H,(H,19,20). The molecule has 0 spiro atoms. The van der Waals surface area contributed by atoms with Crippen molar-refractivity contribution in [2.75, 3.05) is 0 Å². The molecule has 0 aliphatic heterocycles. The molecule has 0 aliphatic carbocycles. The Morgan fingerprint density at radius 1 is 1.14 bits per heavy atom. The molecule has 0 atom stereocenters. The molecule has 21 heavy (non-hydrogen) atoms. The van der Waals surface area contributed by atoms with Crippen LogP contribution >= 0.6 is 15.9 Å². The van der Waals surface area contributed by atoms with E-state index in [9.17, 15) is 9.90 Å². The smallest absolute Gasteiger partial charge is 0.339 e. The molecule has 0 aliphatic rings. The second kappa shape index (κ2) is 5.49. The molecule has 0 saturated carbocycles. The molecule has 2 aromatic carbocycles. The molecule has 6 heteroatoms. The highest BCUT2D eigenvalue weighted by atomic mass is 79.9. The zero-order valence-electron chi connectivity index (χ0n) is 10.7. The zero-order valence-corrected chi connectivity index (χ0v) is 12.2. The van der Waals surface area contributed by atoms with E-state index in [0.29, 0.717) is 9.99 Å². The number of halogens is 1. The highest BCUT2D eigenvalue weighted by Crippen LogP contribution is 2.27. The maximum absolute atomic E-state index is 11.2. The van der Waals surface area contributed by atoms with Crippen molar-refractivity contribution in [3.8, 4) is 11.6 Å². The minimum absolute atomic E-state index is 0.0549. The average molecular weight is 345 g/mol. The Morgan fingerprint density at radius 3 is 2.67 bits per heavy atom. The van der Waals surface area contributed by atoms with Crippen molar-refractivity contribution < 1.29 is 14.6 Å². The van der Waals surface area contributed by atoms with Crippen LogP contribution in [0.15, 0.2) is 53.1 Å². The van der Waals surface area contributed by atoms with Crippen LogP contribution in [0.25, 0.3) is 11.0 Å². The van der Waals surface area contributed by atoms with Gasteiger partial charge in [0.1, 0.15) is 11.3 Å². The third kappa shape index (κ3) is 2.85. The number of ether oxygens (including phenoxy) is 1. The number of carboxylic acid groups (broad SMARTS) is 1. The van der Waals surface area contributed by atoms with E-state index in [1.54, 1.807) is 12.1 Å². The van der Waals surface area contributed by atoms with Gasteiger partial charge < -0.3 is 9.84 Å². The maximum atomic E-state index is 11.2. The summed E-state index contributed by atoms with van der Waals surface area (Å²) in [6, 6.07) is 12.1. The first-order valence-electron chi connectivity index (χ1n) is 6.06. The molecule has 104 valence electrons. The van der Waals surface area contributed by atoms with Gasteiger partial charge in [-0.2, -0.15) is 0 Å². The fourth-order valence-corrected chi connectivity index (χ4v) is 2.22. The number of fused-ring (bicyclic) bond motifs is 1. The van der Waals surface area contributed by atoms with Crippen LogP contribution in [0.4, 0.5) is 0 Å². The van der Waals surface area contributed by atoms with Crippen LogP contribution in [-0.2, 0) is 0 Å². The summed E-state index contributed by atoms with van der Waals surface area (Å²) in [5.74, 6) is -0.603. The lowest BCUT2D eigenvalue weighted by Crippen LogP contribution is -2.01. The molecule has 5 nitrogen and oxygen atoms in total. The van der Waals surface area contributed by atoms with Gasteiger partial charge in [-0.15, -0.1) is 0 Å². The monoisotopic (exact) mass is 344 g/mol. The first-order valence-corrected chi connectivity index (χ1v) is 6.85. The zero-order chi connectivity index (χ0) is 14.8. The van der Waals surface area contributed by atoms with Gasteiger partial charge in [-0.25, -0.2) is 14.8 Å². The summed E-state index contributed by atoms with van der Waals surface area (Å²) in [7, 11) is 0. The molecule has 0 saturated heterocycles. The number of carboxylic acids is 1. The minimum Gasteiger partial charge on any atom is -0.478 e. The van der Waals surface area contributed by atoms with E-state index in [1.807, 2.05) is 24.3 Å². The SMILES string of the molecule is O=C(O)c1cc(Br)ccc1Oc1cnc2ccccc2n1. The molecule has 1 heterocycles. The van der Waals surface area contributed by atoms with Gasteiger partial charge in [0.25, 0.3) is 0 Å². The molecule has 1 N–H and O–H groups in total. The lowest BCUT2D eigenvalue weighted by molar-refractivity contribution is 0.0694. The van der Waals surface area contributed by atoms with Crippen LogP contribution in [0, 0.1) is 0 Å². The summed E-state index contributed by atoms with van der Waals surface area (Å²) >= 11 is 3.24. The van der Waals surface area contributed by atoms with E-state index in [0.717, 1.165) is 5.52 Å². The van der Waals surface area contributed by atoms with Gasteiger partial charge in [0, 0.05) is 4.47 Å². The summed E-state index contributed by atoms with van der Waals surface area (Å²) in [4.78, 5) is 19.8. The Kier molecular flexibility index (Phi) is 3.53. The van der Waals surface area contributed by atoms with E-state index in [2.05, 4.69) is 25.9 Å². The van der Waals surface area contributed by atoms with Gasteiger partial charge in [0.2, 0.25) is 5.88 Å². The number of benzene rings is 2. The Morgan fingerprint density at radius 2 is 1.90 bits per heavy atom. The van der Waals surface area contributed by atoms with Gasteiger partial charge in [0.05, 0.1) is 17.2 Å². The third-order valence-electron chi connectivity index (χ3n) is 2.81.